The van der Waals surface area contributed by atoms with Gasteiger partial charge in [0.25, 0.3) is 0 Å². The summed E-state index contributed by atoms with van der Waals surface area (Å²) in [5, 5.41) is 7.93. The summed E-state index contributed by atoms with van der Waals surface area (Å²) in [5.74, 6) is -2.44. The molecule has 1 fully saturated rings. The van der Waals surface area contributed by atoms with Crippen molar-refractivity contribution in [2.75, 3.05) is 23.7 Å². The predicted octanol–water partition coefficient (Wildman–Crippen LogP) is 3.41. The normalized spacial score (nSPS) is 16.6. The Hall–Kier alpha value is -2.39. The summed E-state index contributed by atoms with van der Waals surface area (Å²) in [6, 6.07) is 2.80. The number of halogens is 2. The molecule has 0 spiro atoms. The lowest BCUT2D eigenvalue weighted by atomic mass is 9.95. The van der Waals surface area contributed by atoms with Crippen LogP contribution in [0.3, 0.4) is 0 Å². The van der Waals surface area contributed by atoms with Crippen molar-refractivity contribution in [3.05, 3.63) is 40.9 Å². The van der Waals surface area contributed by atoms with Gasteiger partial charge in [0, 0.05) is 23.1 Å². The highest BCUT2D eigenvalue weighted by atomic mass is 32.1. The van der Waals surface area contributed by atoms with E-state index >= 15 is 0 Å². The summed E-state index contributed by atoms with van der Waals surface area (Å²) in [5.41, 5.74) is 1.08. The molecule has 1 saturated heterocycles. The number of piperidine rings is 1. The smallest absolute Gasteiger partial charge is 0.241 e. The highest BCUT2D eigenvalue weighted by Gasteiger charge is 2.30. The Morgan fingerprint density at radius 2 is 1.93 bits per heavy atom. The summed E-state index contributed by atoms with van der Waals surface area (Å²) < 4.78 is 26.3. The van der Waals surface area contributed by atoms with Gasteiger partial charge in [0.2, 0.25) is 11.8 Å². The molecule has 2 heterocycles. The minimum Gasteiger partial charge on any atom is -0.325 e. The molecular formula is C19H22F2N4O2S. The molecule has 3 rings (SSSR count). The molecule has 1 aromatic carbocycles. The number of aromatic nitrogens is 1. The number of carbonyl (C=O) groups excluding carboxylic acids is 2. The SMILES string of the molecule is Cc1csc(NC(=O)C2CCN(C(C)C(=O)Nc3ccc(F)c(F)c3)CC2)n1. The van der Waals surface area contributed by atoms with Gasteiger partial charge in [0.1, 0.15) is 0 Å². The van der Waals surface area contributed by atoms with E-state index in [-0.39, 0.29) is 23.4 Å². The Morgan fingerprint density at radius 1 is 1.21 bits per heavy atom. The van der Waals surface area contributed by atoms with Crippen LogP contribution in [0.1, 0.15) is 25.5 Å². The number of aryl methyl sites for hydroxylation is 1. The topological polar surface area (TPSA) is 74.3 Å². The molecule has 1 atom stereocenters. The van der Waals surface area contributed by atoms with Gasteiger partial charge in [0.15, 0.2) is 16.8 Å². The van der Waals surface area contributed by atoms with E-state index in [1.807, 2.05) is 17.2 Å². The van der Waals surface area contributed by atoms with E-state index in [4.69, 9.17) is 0 Å². The second-order valence-corrected chi connectivity index (χ2v) is 7.75. The molecule has 1 unspecified atom stereocenters. The number of benzene rings is 1. The lowest BCUT2D eigenvalue weighted by molar-refractivity contribution is -0.123. The van der Waals surface area contributed by atoms with Gasteiger partial charge in [-0.2, -0.15) is 0 Å². The summed E-state index contributed by atoms with van der Waals surface area (Å²) in [6.45, 7) is 4.83. The van der Waals surface area contributed by atoms with Crippen LogP contribution in [0.5, 0.6) is 0 Å². The molecule has 1 aromatic heterocycles. The summed E-state index contributed by atoms with van der Waals surface area (Å²) in [4.78, 5) is 31.0. The van der Waals surface area contributed by atoms with Crippen LogP contribution in [0.4, 0.5) is 19.6 Å². The third-order valence-corrected chi connectivity index (χ3v) is 5.74. The molecule has 0 saturated carbocycles. The van der Waals surface area contributed by atoms with E-state index in [1.54, 1.807) is 6.92 Å². The van der Waals surface area contributed by atoms with Crippen LogP contribution in [-0.4, -0.2) is 40.8 Å². The van der Waals surface area contributed by atoms with E-state index in [9.17, 15) is 18.4 Å². The van der Waals surface area contributed by atoms with Gasteiger partial charge in [-0.1, -0.05) is 0 Å². The van der Waals surface area contributed by atoms with E-state index < -0.39 is 17.7 Å². The maximum atomic E-state index is 13.3. The summed E-state index contributed by atoms with van der Waals surface area (Å²) >= 11 is 1.40. The number of thiazole rings is 1. The monoisotopic (exact) mass is 408 g/mol. The maximum Gasteiger partial charge on any atom is 0.241 e. The lowest BCUT2D eigenvalue weighted by Gasteiger charge is -2.34. The molecule has 2 N–H and O–H groups in total. The van der Waals surface area contributed by atoms with Gasteiger partial charge in [0.05, 0.1) is 11.7 Å². The molecule has 150 valence electrons. The fourth-order valence-corrected chi connectivity index (χ4v) is 3.85. The van der Waals surface area contributed by atoms with Gasteiger partial charge in [-0.25, -0.2) is 13.8 Å². The highest BCUT2D eigenvalue weighted by Crippen LogP contribution is 2.23. The zero-order chi connectivity index (χ0) is 20.3. The molecular weight excluding hydrogens is 386 g/mol. The zero-order valence-electron chi connectivity index (χ0n) is 15.7. The van der Waals surface area contributed by atoms with Crippen LogP contribution in [0.2, 0.25) is 0 Å². The van der Waals surface area contributed by atoms with Gasteiger partial charge in [-0.15, -0.1) is 11.3 Å². The van der Waals surface area contributed by atoms with Crippen molar-refractivity contribution in [1.82, 2.24) is 9.88 Å². The maximum absolute atomic E-state index is 13.3. The Morgan fingerprint density at radius 3 is 2.54 bits per heavy atom. The van der Waals surface area contributed by atoms with Gasteiger partial charge < -0.3 is 10.6 Å². The Balaban J connectivity index is 1.49. The molecule has 0 bridgehead atoms. The number of hydrogen-bond donors (Lipinski definition) is 2. The fraction of sp³-hybridized carbons (Fsp3) is 0.421. The van der Waals surface area contributed by atoms with Crippen LogP contribution in [0, 0.1) is 24.5 Å². The number of likely N-dealkylation sites (tertiary alicyclic amines) is 1. The number of carbonyl (C=O) groups is 2. The van der Waals surface area contributed by atoms with E-state index in [1.165, 1.54) is 17.4 Å². The molecule has 2 amide bonds. The van der Waals surface area contributed by atoms with Crippen LogP contribution < -0.4 is 10.6 Å². The van der Waals surface area contributed by atoms with Crippen molar-refractivity contribution >= 4 is 34.0 Å². The highest BCUT2D eigenvalue weighted by molar-refractivity contribution is 7.13. The largest absolute Gasteiger partial charge is 0.325 e. The average molecular weight is 408 g/mol. The van der Waals surface area contributed by atoms with Crippen LogP contribution in [0.25, 0.3) is 0 Å². The molecule has 2 aromatic rings. The van der Waals surface area contributed by atoms with Crippen molar-refractivity contribution in [3.8, 4) is 0 Å². The Kier molecular flexibility index (Phi) is 6.35. The van der Waals surface area contributed by atoms with Crippen molar-refractivity contribution in [1.29, 1.82) is 0 Å². The summed E-state index contributed by atoms with van der Waals surface area (Å²) in [7, 11) is 0. The number of nitrogens with zero attached hydrogens (tertiary/aromatic N) is 2. The zero-order valence-corrected chi connectivity index (χ0v) is 16.5. The van der Waals surface area contributed by atoms with Crippen molar-refractivity contribution in [3.63, 3.8) is 0 Å². The minimum absolute atomic E-state index is 0.0482. The number of nitrogens with one attached hydrogen (secondary N) is 2. The Bertz CT molecular complexity index is 865. The van der Waals surface area contributed by atoms with E-state index in [2.05, 4.69) is 15.6 Å². The van der Waals surface area contributed by atoms with Gasteiger partial charge in [-0.05, 0) is 51.9 Å². The number of hydrogen-bond acceptors (Lipinski definition) is 5. The fourth-order valence-electron chi connectivity index (χ4n) is 3.15. The third-order valence-electron chi connectivity index (χ3n) is 4.86. The molecule has 28 heavy (non-hydrogen) atoms. The quantitative estimate of drug-likeness (QED) is 0.795. The summed E-state index contributed by atoms with van der Waals surface area (Å²) in [6.07, 6.45) is 1.28. The Labute approximate surface area is 166 Å². The van der Waals surface area contributed by atoms with E-state index in [0.717, 1.165) is 17.8 Å². The predicted molar refractivity (Wildman–Crippen MR) is 104 cm³/mol. The van der Waals surface area contributed by atoms with Gasteiger partial charge in [-0.3, -0.25) is 14.5 Å². The minimum atomic E-state index is -1.01. The first-order valence-corrected chi connectivity index (χ1v) is 9.94. The van der Waals surface area contributed by atoms with Crippen molar-refractivity contribution in [2.24, 2.45) is 5.92 Å². The van der Waals surface area contributed by atoms with Crippen LogP contribution in [0.15, 0.2) is 23.6 Å². The second-order valence-electron chi connectivity index (χ2n) is 6.89. The first kappa shape index (κ1) is 20.3. The lowest BCUT2D eigenvalue weighted by Crippen LogP contribution is -2.47. The van der Waals surface area contributed by atoms with Crippen LogP contribution >= 0.6 is 11.3 Å². The second kappa shape index (κ2) is 8.74. The third kappa shape index (κ3) is 4.90. The number of amides is 2. The van der Waals surface area contributed by atoms with E-state index in [0.29, 0.717) is 31.1 Å². The number of anilines is 2. The number of rotatable bonds is 5. The molecule has 0 aliphatic carbocycles. The van der Waals surface area contributed by atoms with Crippen molar-refractivity contribution in [2.45, 2.75) is 32.7 Å². The standard InChI is InChI=1S/C19H22F2N4O2S/c1-11-10-28-19(22-11)24-18(27)13-5-7-25(8-6-13)12(2)17(26)23-14-3-4-15(20)16(21)9-14/h3-4,9-10,12-13H,5-8H2,1-2H3,(H,23,26)(H,22,24,27). The first-order chi connectivity index (χ1) is 13.3. The van der Waals surface area contributed by atoms with Crippen molar-refractivity contribution < 1.29 is 18.4 Å². The van der Waals surface area contributed by atoms with Crippen LogP contribution in [-0.2, 0) is 9.59 Å². The molecule has 6 nitrogen and oxygen atoms in total. The molecule has 1 aliphatic heterocycles. The molecule has 9 heteroatoms. The average Bonchev–Trinajstić information content (AvgIpc) is 3.08. The first-order valence-electron chi connectivity index (χ1n) is 9.06. The molecule has 0 radical (unpaired) electrons. The van der Waals surface area contributed by atoms with Gasteiger partial charge >= 0.3 is 0 Å². The molecule has 1 aliphatic rings.